The summed E-state index contributed by atoms with van der Waals surface area (Å²) in [5.74, 6) is -0.0497. The van der Waals surface area contributed by atoms with Gasteiger partial charge in [-0.3, -0.25) is 4.79 Å². The van der Waals surface area contributed by atoms with Crippen molar-refractivity contribution in [2.45, 2.75) is 32.4 Å². The highest BCUT2D eigenvalue weighted by Gasteiger charge is 2.19. The average molecular weight is 248 g/mol. The second kappa shape index (κ2) is 7.38. The maximum absolute atomic E-state index is 11.6. The zero-order chi connectivity index (χ0) is 12.7. The maximum atomic E-state index is 11.6. The fourth-order valence-electron chi connectivity index (χ4n) is 1.03. The molecule has 0 saturated heterocycles. The van der Waals surface area contributed by atoms with Gasteiger partial charge in [0.1, 0.15) is 6.04 Å². The molecule has 0 aromatic rings. The number of nitrogens with one attached hydrogen (secondary N) is 1. The Hall–Kier alpha value is -0.910. The van der Waals surface area contributed by atoms with E-state index < -0.39 is 12.0 Å². The van der Waals surface area contributed by atoms with Gasteiger partial charge in [0.25, 0.3) is 0 Å². The number of carbonyl (C=O) groups excluding carboxylic acids is 1. The molecule has 6 heteroatoms. The summed E-state index contributed by atoms with van der Waals surface area (Å²) in [6, 6.07) is -1.10. The van der Waals surface area contributed by atoms with Crippen LogP contribution >= 0.6 is 11.8 Å². The molecule has 0 aliphatic rings. The van der Waals surface area contributed by atoms with Gasteiger partial charge in [-0.15, -0.1) is 0 Å². The first-order chi connectivity index (χ1) is 7.40. The summed E-state index contributed by atoms with van der Waals surface area (Å²) in [6.07, 6.45) is 2.91. The van der Waals surface area contributed by atoms with Crippen LogP contribution in [0.3, 0.4) is 0 Å². The smallest absolute Gasteiger partial charge is 0.325 e. The molecule has 0 aliphatic carbocycles. The summed E-state index contributed by atoms with van der Waals surface area (Å²) in [7, 11) is 1.68. The second-order valence-electron chi connectivity index (χ2n) is 3.75. The van der Waals surface area contributed by atoms with Gasteiger partial charge in [0.2, 0.25) is 0 Å². The molecule has 5 nitrogen and oxygen atoms in total. The number of rotatable bonds is 6. The van der Waals surface area contributed by atoms with E-state index in [1.54, 1.807) is 18.8 Å². The van der Waals surface area contributed by atoms with Crippen LogP contribution in [-0.4, -0.2) is 53.1 Å². The predicted molar refractivity (Wildman–Crippen MR) is 65.9 cm³/mol. The monoisotopic (exact) mass is 248 g/mol. The van der Waals surface area contributed by atoms with Gasteiger partial charge >= 0.3 is 12.0 Å². The van der Waals surface area contributed by atoms with Crippen molar-refractivity contribution >= 4 is 23.8 Å². The topological polar surface area (TPSA) is 69.6 Å². The van der Waals surface area contributed by atoms with Gasteiger partial charge in [0.05, 0.1) is 0 Å². The van der Waals surface area contributed by atoms with Crippen molar-refractivity contribution in [3.63, 3.8) is 0 Å². The van der Waals surface area contributed by atoms with E-state index in [1.807, 2.05) is 13.2 Å². The lowest BCUT2D eigenvalue weighted by Gasteiger charge is -2.26. The Kier molecular flexibility index (Phi) is 6.96. The third kappa shape index (κ3) is 5.25. The Morgan fingerprint density at radius 1 is 1.44 bits per heavy atom. The van der Waals surface area contributed by atoms with E-state index in [2.05, 4.69) is 5.32 Å². The van der Waals surface area contributed by atoms with Crippen LogP contribution in [0.25, 0.3) is 0 Å². The zero-order valence-electron chi connectivity index (χ0n) is 10.2. The Labute approximate surface area is 101 Å². The lowest BCUT2D eigenvalue weighted by molar-refractivity contribution is -0.138. The van der Waals surface area contributed by atoms with Crippen molar-refractivity contribution in [2.24, 2.45) is 0 Å². The number of carboxylic acids is 1. The maximum Gasteiger partial charge on any atom is 0.325 e. The van der Waals surface area contributed by atoms with Crippen molar-refractivity contribution < 1.29 is 14.7 Å². The zero-order valence-corrected chi connectivity index (χ0v) is 11.0. The lowest BCUT2D eigenvalue weighted by atomic mass is 10.2. The molecule has 0 saturated carbocycles. The van der Waals surface area contributed by atoms with Gasteiger partial charge in [0, 0.05) is 13.1 Å². The quantitative estimate of drug-likeness (QED) is 0.742. The SMILES string of the molecule is CSCCC(C)N(C)C(=O)N[C@@H](C)C(=O)O. The fourth-order valence-corrected chi connectivity index (χ4v) is 1.61. The molecule has 0 spiro atoms. The van der Waals surface area contributed by atoms with E-state index in [1.165, 1.54) is 11.8 Å². The molecule has 0 aromatic carbocycles. The molecule has 0 bridgehead atoms. The van der Waals surface area contributed by atoms with E-state index >= 15 is 0 Å². The van der Waals surface area contributed by atoms with Crippen molar-refractivity contribution in [1.29, 1.82) is 0 Å². The van der Waals surface area contributed by atoms with Gasteiger partial charge in [-0.1, -0.05) is 0 Å². The van der Waals surface area contributed by atoms with Crippen molar-refractivity contribution in [1.82, 2.24) is 10.2 Å². The molecule has 0 heterocycles. The molecule has 0 fully saturated rings. The van der Waals surface area contributed by atoms with Crippen molar-refractivity contribution in [2.75, 3.05) is 19.1 Å². The molecule has 2 amide bonds. The number of amides is 2. The fraction of sp³-hybridized carbons (Fsp3) is 0.800. The van der Waals surface area contributed by atoms with Gasteiger partial charge in [-0.25, -0.2) is 4.79 Å². The lowest BCUT2D eigenvalue weighted by Crippen LogP contribution is -2.48. The number of carboxylic acid groups (broad SMARTS) is 1. The largest absolute Gasteiger partial charge is 0.480 e. The first kappa shape index (κ1) is 15.1. The number of urea groups is 1. The standard InChI is InChI=1S/C10H20N2O3S/c1-7(5-6-16-4)12(3)10(15)11-8(2)9(13)14/h7-8H,5-6H2,1-4H3,(H,11,15)(H,13,14)/t7?,8-/m0/s1. The number of nitrogens with zero attached hydrogens (tertiary/aromatic N) is 1. The van der Waals surface area contributed by atoms with Crippen LogP contribution in [0.2, 0.25) is 0 Å². The number of hydrogen-bond acceptors (Lipinski definition) is 3. The first-order valence-corrected chi connectivity index (χ1v) is 6.54. The molecule has 0 rings (SSSR count). The minimum atomic E-state index is -1.03. The Balaban J connectivity index is 4.11. The van der Waals surface area contributed by atoms with Crippen LogP contribution in [0.15, 0.2) is 0 Å². The summed E-state index contributed by atoms with van der Waals surface area (Å²) in [5, 5.41) is 11.1. The number of thioether (sulfide) groups is 1. The van der Waals surface area contributed by atoms with E-state index in [4.69, 9.17) is 5.11 Å². The second-order valence-corrected chi connectivity index (χ2v) is 4.74. The van der Waals surface area contributed by atoms with E-state index in [-0.39, 0.29) is 12.1 Å². The number of aliphatic carboxylic acids is 1. The molecule has 0 aromatic heterocycles. The molecular formula is C10H20N2O3S. The van der Waals surface area contributed by atoms with Gasteiger partial charge in [0.15, 0.2) is 0 Å². The van der Waals surface area contributed by atoms with E-state index in [9.17, 15) is 9.59 Å². The number of hydrogen-bond donors (Lipinski definition) is 2. The number of carbonyl (C=O) groups is 2. The predicted octanol–water partition coefficient (Wildman–Crippen LogP) is 1.24. The molecule has 0 aliphatic heterocycles. The Bertz CT molecular complexity index is 248. The van der Waals surface area contributed by atoms with Crippen LogP contribution in [0.1, 0.15) is 20.3 Å². The summed E-state index contributed by atoms with van der Waals surface area (Å²) in [5.41, 5.74) is 0. The van der Waals surface area contributed by atoms with Crippen LogP contribution in [-0.2, 0) is 4.79 Å². The normalized spacial score (nSPS) is 14.0. The Morgan fingerprint density at radius 3 is 2.44 bits per heavy atom. The summed E-state index contributed by atoms with van der Waals surface area (Å²) in [6.45, 7) is 3.39. The molecule has 0 radical (unpaired) electrons. The first-order valence-electron chi connectivity index (χ1n) is 5.15. The highest BCUT2D eigenvalue weighted by atomic mass is 32.2. The minimum absolute atomic E-state index is 0.105. The Morgan fingerprint density at radius 2 is 2.00 bits per heavy atom. The third-order valence-electron chi connectivity index (χ3n) is 2.43. The van der Waals surface area contributed by atoms with Gasteiger partial charge in [-0.05, 0) is 32.3 Å². The summed E-state index contributed by atoms with van der Waals surface area (Å²) >= 11 is 1.73. The third-order valence-corrected chi connectivity index (χ3v) is 3.08. The van der Waals surface area contributed by atoms with Gasteiger partial charge in [-0.2, -0.15) is 11.8 Å². The average Bonchev–Trinajstić information content (AvgIpc) is 2.24. The summed E-state index contributed by atoms with van der Waals surface area (Å²) in [4.78, 5) is 23.7. The highest BCUT2D eigenvalue weighted by molar-refractivity contribution is 7.98. The van der Waals surface area contributed by atoms with E-state index in [0.717, 1.165) is 12.2 Å². The van der Waals surface area contributed by atoms with Crippen molar-refractivity contribution in [3.8, 4) is 0 Å². The van der Waals surface area contributed by atoms with Crippen LogP contribution < -0.4 is 5.32 Å². The molecule has 16 heavy (non-hydrogen) atoms. The molecular weight excluding hydrogens is 228 g/mol. The van der Waals surface area contributed by atoms with Gasteiger partial charge < -0.3 is 15.3 Å². The van der Waals surface area contributed by atoms with Crippen LogP contribution in [0, 0.1) is 0 Å². The van der Waals surface area contributed by atoms with Crippen LogP contribution in [0.4, 0.5) is 4.79 Å². The molecule has 94 valence electrons. The van der Waals surface area contributed by atoms with E-state index in [0.29, 0.717) is 0 Å². The molecule has 2 N–H and O–H groups in total. The molecule has 1 unspecified atom stereocenters. The minimum Gasteiger partial charge on any atom is -0.480 e. The van der Waals surface area contributed by atoms with Crippen LogP contribution in [0.5, 0.6) is 0 Å². The molecule has 2 atom stereocenters. The van der Waals surface area contributed by atoms with Crippen molar-refractivity contribution in [3.05, 3.63) is 0 Å². The highest BCUT2D eigenvalue weighted by Crippen LogP contribution is 2.06. The summed E-state index contributed by atoms with van der Waals surface area (Å²) < 4.78 is 0.